The van der Waals surface area contributed by atoms with Crippen LogP contribution in [-0.2, 0) is 11.3 Å². The fourth-order valence-corrected chi connectivity index (χ4v) is 1.68. The number of aliphatic hydroxyl groups excluding tert-OH is 1. The quantitative estimate of drug-likeness (QED) is 0.819. The fraction of sp³-hybridized carbons (Fsp3) is 0.417. The summed E-state index contributed by atoms with van der Waals surface area (Å²) >= 11 is 0. The zero-order valence-corrected chi connectivity index (χ0v) is 9.60. The predicted molar refractivity (Wildman–Crippen MR) is 60.9 cm³/mol. The Morgan fingerprint density at radius 2 is 2.41 bits per heavy atom. The van der Waals surface area contributed by atoms with E-state index in [0.29, 0.717) is 12.3 Å². The third kappa shape index (κ3) is 2.88. The number of aliphatic hydroxyl groups is 1. The van der Waals surface area contributed by atoms with E-state index in [9.17, 15) is 9.90 Å². The molecule has 0 saturated carbocycles. The molecule has 1 fully saturated rings. The highest BCUT2D eigenvalue weighted by Gasteiger charge is 2.23. The third-order valence-corrected chi connectivity index (χ3v) is 2.56. The number of ether oxygens (including phenoxy) is 2. The molecule has 92 valence electrons. The maximum Gasteiger partial charge on any atom is 0.407 e. The fourth-order valence-electron chi connectivity index (χ4n) is 1.68. The second-order valence-electron chi connectivity index (χ2n) is 3.99. The lowest BCUT2D eigenvalue weighted by molar-refractivity contribution is 0.104. The Morgan fingerprint density at radius 1 is 1.59 bits per heavy atom. The first-order valence-electron chi connectivity index (χ1n) is 5.46. The number of alkyl carbamates (subject to hydrolysis) is 1. The monoisotopic (exact) mass is 237 g/mol. The van der Waals surface area contributed by atoms with Gasteiger partial charge < -0.3 is 19.9 Å². The highest BCUT2D eigenvalue weighted by atomic mass is 16.6. The van der Waals surface area contributed by atoms with Gasteiger partial charge in [0.1, 0.15) is 12.4 Å². The molecule has 1 aliphatic heterocycles. The molecule has 1 aromatic rings. The number of cyclic esters (lactones) is 1. The van der Waals surface area contributed by atoms with Crippen molar-refractivity contribution in [2.24, 2.45) is 0 Å². The van der Waals surface area contributed by atoms with Crippen LogP contribution < -0.4 is 10.1 Å². The Balaban J connectivity index is 1.96. The molecule has 5 nitrogen and oxygen atoms in total. The molecule has 0 spiro atoms. The van der Waals surface area contributed by atoms with E-state index in [0.717, 1.165) is 11.1 Å². The molecular weight excluding hydrogens is 222 g/mol. The van der Waals surface area contributed by atoms with E-state index >= 15 is 0 Å². The van der Waals surface area contributed by atoms with Crippen LogP contribution in [0.2, 0.25) is 0 Å². The number of nitrogens with one attached hydrogen (secondary N) is 1. The summed E-state index contributed by atoms with van der Waals surface area (Å²) in [5, 5.41) is 11.8. The molecule has 1 atom stereocenters. The number of benzene rings is 1. The molecule has 1 unspecified atom stereocenters. The van der Waals surface area contributed by atoms with Crippen LogP contribution in [0.5, 0.6) is 5.75 Å². The first kappa shape index (κ1) is 11.7. The van der Waals surface area contributed by atoms with E-state index in [4.69, 9.17) is 9.47 Å². The van der Waals surface area contributed by atoms with Crippen molar-refractivity contribution in [2.75, 3.05) is 13.2 Å². The van der Waals surface area contributed by atoms with E-state index in [1.54, 1.807) is 0 Å². The van der Waals surface area contributed by atoms with E-state index in [-0.39, 0.29) is 19.3 Å². The van der Waals surface area contributed by atoms with E-state index in [1.807, 2.05) is 25.1 Å². The molecular formula is C12H15NO4. The van der Waals surface area contributed by atoms with Crippen LogP contribution in [0.3, 0.4) is 0 Å². The average molecular weight is 237 g/mol. The topological polar surface area (TPSA) is 67.8 Å². The second kappa shape index (κ2) is 5.05. The van der Waals surface area contributed by atoms with Gasteiger partial charge in [0, 0.05) is 5.56 Å². The Bertz CT molecular complexity index is 419. The highest BCUT2D eigenvalue weighted by molar-refractivity contribution is 5.69. The molecule has 0 aliphatic carbocycles. The lowest BCUT2D eigenvalue weighted by Crippen LogP contribution is -2.22. The molecule has 1 amide bonds. The van der Waals surface area contributed by atoms with E-state index in [1.165, 1.54) is 0 Å². The van der Waals surface area contributed by atoms with Gasteiger partial charge in [-0.05, 0) is 13.0 Å². The average Bonchev–Trinajstić information content (AvgIpc) is 2.73. The standard InChI is InChI=1S/C12H15NO4/c1-8-2-3-11(9(4-8)6-14)16-7-10-5-13-12(15)17-10/h2-4,10,14H,5-7H2,1H3,(H,13,15). The smallest absolute Gasteiger partial charge is 0.407 e. The maximum atomic E-state index is 10.8. The van der Waals surface area contributed by atoms with Crippen LogP contribution in [0, 0.1) is 6.92 Å². The van der Waals surface area contributed by atoms with Crippen molar-refractivity contribution in [1.29, 1.82) is 0 Å². The molecule has 0 radical (unpaired) electrons. The van der Waals surface area contributed by atoms with Crippen molar-refractivity contribution in [3.05, 3.63) is 29.3 Å². The van der Waals surface area contributed by atoms with Crippen LogP contribution in [0.4, 0.5) is 4.79 Å². The molecule has 1 heterocycles. The molecule has 2 N–H and O–H groups in total. The van der Waals surface area contributed by atoms with E-state index in [2.05, 4.69) is 5.32 Å². The Labute approximate surface area is 99.3 Å². The van der Waals surface area contributed by atoms with Gasteiger partial charge in [0.25, 0.3) is 0 Å². The number of aryl methyl sites for hydroxylation is 1. The number of amides is 1. The lowest BCUT2D eigenvalue weighted by Gasteiger charge is -2.13. The number of carbonyl (C=O) groups is 1. The third-order valence-electron chi connectivity index (χ3n) is 2.56. The van der Waals surface area contributed by atoms with Gasteiger partial charge in [-0.25, -0.2) is 4.79 Å². The van der Waals surface area contributed by atoms with Crippen molar-refractivity contribution in [1.82, 2.24) is 5.32 Å². The van der Waals surface area contributed by atoms with Crippen LogP contribution >= 0.6 is 0 Å². The predicted octanol–water partition coefficient (Wildman–Crippen LogP) is 0.975. The van der Waals surface area contributed by atoms with Crippen LogP contribution in [0.25, 0.3) is 0 Å². The summed E-state index contributed by atoms with van der Waals surface area (Å²) < 4.78 is 10.5. The summed E-state index contributed by atoms with van der Waals surface area (Å²) in [5.41, 5.74) is 1.80. The summed E-state index contributed by atoms with van der Waals surface area (Å²) in [6, 6.07) is 5.59. The second-order valence-corrected chi connectivity index (χ2v) is 3.99. The number of rotatable bonds is 4. The summed E-state index contributed by atoms with van der Waals surface area (Å²) in [6.07, 6.45) is -0.680. The SMILES string of the molecule is Cc1ccc(OCC2CNC(=O)O2)c(CO)c1. The molecule has 0 aromatic heterocycles. The minimum atomic E-state index is -0.412. The lowest BCUT2D eigenvalue weighted by atomic mass is 10.1. The van der Waals surface area contributed by atoms with Gasteiger partial charge in [0.15, 0.2) is 6.10 Å². The van der Waals surface area contributed by atoms with Crippen molar-refractivity contribution in [3.63, 3.8) is 0 Å². The van der Waals surface area contributed by atoms with Gasteiger partial charge in [0.2, 0.25) is 0 Å². The summed E-state index contributed by atoms with van der Waals surface area (Å²) in [7, 11) is 0. The summed E-state index contributed by atoms with van der Waals surface area (Å²) in [5.74, 6) is 0.626. The Morgan fingerprint density at radius 3 is 3.06 bits per heavy atom. The molecule has 1 aromatic carbocycles. The van der Waals surface area contributed by atoms with Gasteiger partial charge in [-0.15, -0.1) is 0 Å². The van der Waals surface area contributed by atoms with Crippen molar-refractivity contribution in [2.45, 2.75) is 19.6 Å². The number of hydrogen-bond acceptors (Lipinski definition) is 4. The van der Waals surface area contributed by atoms with Crippen molar-refractivity contribution in [3.8, 4) is 5.75 Å². The molecule has 1 saturated heterocycles. The molecule has 1 aliphatic rings. The van der Waals surface area contributed by atoms with Crippen LogP contribution in [0.1, 0.15) is 11.1 Å². The summed E-state index contributed by atoms with van der Waals surface area (Å²) in [4.78, 5) is 10.8. The first-order valence-corrected chi connectivity index (χ1v) is 5.46. The molecule has 17 heavy (non-hydrogen) atoms. The van der Waals surface area contributed by atoms with Gasteiger partial charge in [0.05, 0.1) is 13.2 Å². The van der Waals surface area contributed by atoms with E-state index < -0.39 is 6.09 Å². The zero-order valence-electron chi connectivity index (χ0n) is 9.60. The zero-order chi connectivity index (χ0) is 12.3. The van der Waals surface area contributed by atoms with Gasteiger partial charge in [-0.2, -0.15) is 0 Å². The normalized spacial score (nSPS) is 18.7. The van der Waals surface area contributed by atoms with Gasteiger partial charge >= 0.3 is 6.09 Å². The van der Waals surface area contributed by atoms with Crippen molar-refractivity contribution < 1.29 is 19.4 Å². The Kier molecular flexibility index (Phi) is 3.49. The minimum absolute atomic E-state index is 0.0697. The summed E-state index contributed by atoms with van der Waals surface area (Å²) in [6.45, 7) is 2.62. The Hall–Kier alpha value is -1.75. The van der Waals surface area contributed by atoms with Crippen molar-refractivity contribution >= 4 is 6.09 Å². The van der Waals surface area contributed by atoms with Gasteiger partial charge in [-0.1, -0.05) is 17.7 Å². The highest BCUT2D eigenvalue weighted by Crippen LogP contribution is 2.20. The number of hydrogen-bond donors (Lipinski definition) is 2. The molecule has 5 heteroatoms. The van der Waals surface area contributed by atoms with Crippen LogP contribution in [-0.4, -0.2) is 30.5 Å². The number of carbonyl (C=O) groups excluding carboxylic acids is 1. The molecule has 2 rings (SSSR count). The molecule has 0 bridgehead atoms. The maximum absolute atomic E-state index is 10.8. The minimum Gasteiger partial charge on any atom is -0.489 e. The largest absolute Gasteiger partial charge is 0.489 e. The van der Waals surface area contributed by atoms with Gasteiger partial charge in [-0.3, -0.25) is 0 Å². The van der Waals surface area contributed by atoms with Crippen LogP contribution in [0.15, 0.2) is 18.2 Å². The first-order chi connectivity index (χ1) is 8.19.